The zero-order valence-corrected chi connectivity index (χ0v) is 26.2. The molecule has 3 aromatic rings. The van der Waals surface area contributed by atoms with E-state index in [1.807, 2.05) is 11.9 Å². The molecule has 0 saturated carbocycles. The van der Waals surface area contributed by atoms with E-state index in [1.165, 1.54) is 15.9 Å². The largest absolute Gasteiger partial charge is 0.506 e. The Morgan fingerprint density at radius 2 is 1.71 bits per heavy atom. The maximum absolute atomic E-state index is 14.1. The Morgan fingerprint density at radius 1 is 1.04 bits per heavy atom. The van der Waals surface area contributed by atoms with Crippen LogP contribution in [0, 0.1) is 0 Å². The Labute approximate surface area is 271 Å². The van der Waals surface area contributed by atoms with Gasteiger partial charge in [-0.3, -0.25) is 14.5 Å². The summed E-state index contributed by atoms with van der Waals surface area (Å²) < 4.78 is 68.8. The number of urea groups is 1. The van der Waals surface area contributed by atoms with Gasteiger partial charge in [-0.1, -0.05) is 35.0 Å². The number of nitrogens with zero attached hydrogens (tertiary/aromatic N) is 3. The van der Waals surface area contributed by atoms with Gasteiger partial charge in [0.15, 0.2) is 0 Å². The standard InChI is InChI=1S/C28H22Cl3F5N4O4S/c1-2-38-6-3-7-40(26(38)44)17-8-13-11-39(12-14(13)9-18(17)41)25(43)21-19(10-20(27(31,32)33)37-24(21)42)45-23-16(29)5-4-15(22(23)30)28(34,35)36/h4-5,8-10,41H,2-3,6-7,11-12H2,1H3,(H,37,42). The number of nitrogens with one attached hydrogen (secondary N) is 1. The van der Waals surface area contributed by atoms with Crippen molar-refractivity contribution in [3.05, 3.63) is 78.7 Å². The summed E-state index contributed by atoms with van der Waals surface area (Å²) in [5.74, 6) is -1.16. The maximum Gasteiger partial charge on any atom is 0.417 e. The summed E-state index contributed by atoms with van der Waals surface area (Å²) in [4.78, 5) is 45.1. The van der Waals surface area contributed by atoms with Crippen LogP contribution in [0.5, 0.6) is 5.75 Å². The quantitative estimate of drug-likeness (QED) is 0.202. The first kappa shape index (κ1) is 33.2. The molecule has 0 unspecified atom stereocenters. The molecule has 0 atom stereocenters. The highest BCUT2D eigenvalue weighted by Gasteiger charge is 2.38. The van der Waals surface area contributed by atoms with Crippen LogP contribution in [0.25, 0.3) is 0 Å². The van der Waals surface area contributed by atoms with Gasteiger partial charge in [-0.2, -0.15) is 22.0 Å². The molecule has 3 amide bonds. The van der Waals surface area contributed by atoms with E-state index in [-0.39, 0.29) is 35.6 Å². The molecule has 2 aromatic carbocycles. The van der Waals surface area contributed by atoms with E-state index in [9.17, 15) is 41.4 Å². The number of fused-ring (bicyclic) bond motifs is 1. The predicted molar refractivity (Wildman–Crippen MR) is 159 cm³/mol. The first-order valence-corrected chi connectivity index (χ1v) is 15.2. The lowest BCUT2D eigenvalue weighted by molar-refractivity contribution is -0.137. The summed E-state index contributed by atoms with van der Waals surface area (Å²) in [7, 11) is 0. The van der Waals surface area contributed by atoms with Crippen LogP contribution >= 0.6 is 46.6 Å². The normalized spacial score (nSPS) is 15.6. The molecule has 240 valence electrons. The summed E-state index contributed by atoms with van der Waals surface area (Å²) >= 11 is 17.6. The van der Waals surface area contributed by atoms with Crippen molar-refractivity contribution in [1.82, 2.24) is 14.8 Å². The average Bonchev–Trinajstić information content (AvgIpc) is 3.36. The first-order chi connectivity index (χ1) is 21.0. The topological polar surface area (TPSA) is 96.9 Å². The third kappa shape index (κ3) is 6.42. The molecular weight excluding hydrogens is 690 g/mol. The minimum absolute atomic E-state index is 0.0942. The Bertz CT molecular complexity index is 1770. The van der Waals surface area contributed by atoms with Gasteiger partial charge < -0.3 is 19.9 Å². The van der Waals surface area contributed by atoms with Crippen molar-refractivity contribution in [3.8, 4) is 5.75 Å². The number of aromatic hydroxyl groups is 1. The number of anilines is 1. The number of carbonyl (C=O) groups excluding carboxylic acids is 2. The van der Waals surface area contributed by atoms with Gasteiger partial charge in [0.2, 0.25) is 0 Å². The number of aromatic nitrogens is 1. The van der Waals surface area contributed by atoms with Crippen molar-refractivity contribution >= 4 is 64.2 Å². The minimum atomic E-state index is -4.89. The zero-order valence-electron chi connectivity index (χ0n) is 23.1. The fourth-order valence-electron chi connectivity index (χ4n) is 5.17. The van der Waals surface area contributed by atoms with Gasteiger partial charge in [-0.15, -0.1) is 0 Å². The summed E-state index contributed by atoms with van der Waals surface area (Å²) in [6.07, 6.45) is -4.22. The van der Waals surface area contributed by atoms with E-state index >= 15 is 0 Å². The summed E-state index contributed by atoms with van der Waals surface area (Å²) in [6.45, 7) is 3.03. The van der Waals surface area contributed by atoms with Crippen molar-refractivity contribution in [2.45, 2.75) is 47.8 Å². The Morgan fingerprint density at radius 3 is 2.33 bits per heavy atom. The van der Waals surface area contributed by atoms with E-state index in [1.54, 1.807) is 11.0 Å². The number of H-pyrrole nitrogens is 1. The average molecular weight is 712 g/mol. The smallest absolute Gasteiger partial charge is 0.417 e. The molecule has 17 heteroatoms. The summed E-state index contributed by atoms with van der Waals surface area (Å²) in [6, 6.07) is 4.89. The van der Waals surface area contributed by atoms with Crippen LogP contribution in [0.1, 0.15) is 46.1 Å². The van der Waals surface area contributed by atoms with Crippen LogP contribution in [0.4, 0.5) is 32.4 Å². The van der Waals surface area contributed by atoms with Gasteiger partial charge >= 0.3 is 17.6 Å². The molecule has 5 rings (SSSR count). The SMILES string of the molecule is CCN1CCCN(c2cc3c(cc2O)CN(C(=O)c2c(Sc4c(Cl)ccc(C(F)(F)F)c4Cl)cc(C(F)(F)Cl)[nH]c2=O)C3)C1=O. The number of rotatable bonds is 6. The number of carbonyl (C=O) groups is 2. The number of hydrogen-bond acceptors (Lipinski definition) is 5. The van der Waals surface area contributed by atoms with Crippen LogP contribution in [-0.4, -0.2) is 51.5 Å². The molecule has 3 heterocycles. The van der Waals surface area contributed by atoms with Gasteiger partial charge in [0.25, 0.3) is 11.5 Å². The molecule has 45 heavy (non-hydrogen) atoms. The monoisotopic (exact) mass is 710 g/mol. The molecule has 8 nitrogen and oxygen atoms in total. The second-order valence-corrected chi connectivity index (χ2v) is 12.5. The lowest BCUT2D eigenvalue weighted by Crippen LogP contribution is -2.49. The van der Waals surface area contributed by atoms with E-state index in [2.05, 4.69) is 0 Å². The highest BCUT2D eigenvalue weighted by Crippen LogP contribution is 2.46. The van der Waals surface area contributed by atoms with Gasteiger partial charge in [-0.05, 0) is 66.4 Å². The number of benzene rings is 2. The van der Waals surface area contributed by atoms with E-state index in [0.717, 1.165) is 6.07 Å². The van der Waals surface area contributed by atoms with Crippen LogP contribution in [0.3, 0.4) is 0 Å². The van der Waals surface area contributed by atoms with Crippen molar-refractivity contribution in [3.63, 3.8) is 0 Å². The van der Waals surface area contributed by atoms with Crippen LogP contribution in [0.15, 0.2) is 44.9 Å². The third-order valence-electron chi connectivity index (χ3n) is 7.37. The number of halogens is 8. The van der Waals surface area contributed by atoms with Crippen molar-refractivity contribution in [1.29, 1.82) is 0 Å². The molecule has 0 spiro atoms. The maximum atomic E-state index is 14.1. The molecule has 0 bridgehead atoms. The summed E-state index contributed by atoms with van der Waals surface area (Å²) in [5.41, 5.74) is -3.04. The van der Waals surface area contributed by atoms with E-state index < -0.39 is 54.7 Å². The molecule has 1 aromatic heterocycles. The molecule has 1 fully saturated rings. The van der Waals surface area contributed by atoms with E-state index in [0.29, 0.717) is 61.1 Å². The first-order valence-electron chi connectivity index (χ1n) is 13.3. The highest BCUT2D eigenvalue weighted by atomic mass is 35.5. The van der Waals surface area contributed by atoms with Gasteiger partial charge in [0, 0.05) is 37.6 Å². The van der Waals surface area contributed by atoms with Gasteiger partial charge in [0.1, 0.15) is 17.0 Å². The van der Waals surface area contributed by atoms with Crippen molar-refractivity contribution in [2.75, 3.05) is 24.5 Å². The van der Waals surface area contributed by atoms with Gasteiger partial charge in [-0.25, -0.2) is 4.79 Å². The van der Waals surface area contributed by atoms with Crippen LogP contribution in [0.2, 0.25) is 10.0 Å². The number of hydrogen-bond donors (Lipinski definition) is 2. The summed E-state index contributed by atoms with van der Waals surface area (Å²) in [5, 5.41) is 5.52. The molecule has 2 aliphatic heterocycles. The Balaban J connectivity index is 1.53. The molecule has 2 aliphatic rings. The molecule has 2 N–H and O–H groups in total. The van der Waals surface area contributed by atoms with Crippen LogP contribution in [-0.2, 0) is 24.6 Å². The fourth-order valence-corrected chi connectivity index (χ4v) is 7.02. The second-order valence-electron chi connectivity index (χ2n) is 10.2. The molecule has 0 aliphatic carbocycles. The Hall–Kier alpha value is -3.20. The number of amides is 3. The zero-order chi connectivity index (χ0) is 33.0. The highest BCUT2D eigenvalue weighted by molar-refractivity contribution is 7.99. The lowest BCUT2D eigenvalue weighted by atomic mass is 10.1. The number of aromatic amines is 1. The molecule has 0 radical (unpaired) electrons. The minimum Gasteiger partial charge on any atom is -0.506 e. The number of phenols is 1. The van der Waals surface area contributed by atoms with Crippen LogP contribution < -0.4 is 10.5 Å². The lowest BCUT2D eigenvalue weighted by Gasteiger charge is -2.35. The predicted octanol–water partition coefficient (Wildman–Crippen LogP) is 7.65. The number of pyridine rings is 1. The van der Waals surface area contributed by atoms with Crippen molar-refractivity contribution < 1.29 is 36.6 Å². The third-order valence-corrected chi connectivity index (χ3v) is 9.68. The van der Waals surface area contributed by atoms with Gasteiger partial charge in [0.05, 0.1) is 26.2 Å². The Kier molecular flexibility index (Phi) is 8.99. The fraction of sp³-hybridized carbons (Fsp3) is 0.321. The molecular formula is C28H22Cl3F5N4O4S. The number of alkyl halides is 6. The van der Waals surface area contributed by atoms with E-state index in [4.69, 9.17) is 34.8 Å². The van der Waals surface area contributed by atoms with Crippen molar-refractivity contribution in [2.24, 2.45) is 0 Å². The molecule has 1 saturated heterocycles. The number of phenolic OH excluding ortho intramolecular Hbond substituents is 1. The second kappa shape index (κ2) is 12.2.